The van der Waals surface area contributed by atoms with Crippen LogP contribution in [0.5, 0.6) is 0 Å². The van der Waals surface area contributed by atoms with Gasteiger partial charge in [-0.1, -0.05) is 5.18 Å². The molecule has 0 aromatic rings. The smallest absolute Gasteiger partial charge is 0.317 e. The molecule has 0 amide bonds. The van der Waals surface area contributed by atoms with E-state index in [9.17, 15) is 14.5 Å². The molecule has 0 aromatic heterocycles. The van der Waals surface area contributed by atoms with Gasteiger partial charge in [-0.05, 0) is 0 Å². The summed E-state index contributed by atoms with van der Waals surface area (Å²) < 4.78 is 0. The zero-order valence-electron chi connectivity index (χ0n) is 11.3. The predicted molar refractivity (Wildman–Crippen MR) is 70.4 cm³/mol. The first-order valence-corrected chi connectivity index (χ1v) is 6.41. The molecule has 1 rings (SSSR count). The second-order valence-electron chi connectivity index (χ2n) is 4.73. The van der Waals surface area contributed by atoms with Crippen LogP contribution in [0.4, 0.5) is 0 Å². The monoisotopic (exact) mass is 288 g/mol. The molecular formula is C11H20N4O5. The molecule has 0 aromatic carbocycles. The number of aliphatic carboxylic acids is 2. The number of nitroso groups, excluding NO2 is 1. The Balaban J connectivity index is 2.64. The lowest BCUT2D eigenvalue weighted by Gasteiger charge is -2.23. The fourth-order valence-electron chi connectivity index (χ4n) is 2.11. The summed E-state index contributed by atoms with van der Waals surface area (Å²) in [7, 11) is 0. The minimum Gasteiger partial charge on any atom is -0.480 e. The maximum atomic E-state index is 10.8. The van der Waals surface area contributed by atoms with Crippen molar-refractivity contribution in [2.75, 3.05) is 59.0 Å². The van der Waals surface area contributed by atoms with Crippen LogP contribution in [0, 0.1) is 4.91 Å². The number of carboxylic acid groups (broad SMARTS) is 2. The van der Waals surface area contributed by atoms with Crippen molar-refractivity contribution in [1.82, 2.24) is 14.7 Å². The van der Waals surface area contributed by atoms with E-state index in [1.54, 1.807) is 14.7 Å². The second-order valence-corrected chi connectivity index (χ2v) is 4.73. The maximum absolute atomic E-state index is 10.8. The Morgan fingerprint density at radius 2 is 1.15 bits per heavy atom. The van der Waals surface area contributed by atoms with Crippen molar-refractivity contribution >= 4 is 11.9 Å². The predicted octanol–water partition coefficient (Wildman–Crippen LogP) is -1.20. The Morgan fingerprint density at radius 3 is 1.45 bits per heavy atom. The Morgan fingerprint density at radius 1 is 0.800 bits per heavy atom. The van der Waals surface area contributed by atoms with Gasteiger partial charge in [0.05, 0.1) is 13.1 Å². The van der Waals surface area contributed by atoms with Crippen molar-refractivity contribution < 1.29 is 19.8 Å². The zero-order valence-corrected chi connectivity index (χ0v) is 11.3. The Bertz CT molecular complexity index is 324. The molecule has 1 fully saturated rings. The first-order valence-electron chi connectivity index (χ1n) is 6.41. The van der Waals surface area contributed by atoms with Crippen LogP contribution in [0.25, 0.3) is 0 Å². The van der Waals surface area contributed by atoms with E-state index in [1.165, 1.54) is 0 Å². The molecule has 20 heavy (non-hydrogen) atoms. The Labute approximate surface area is 116 Å². The molecule has 9 nitrogen and oxygen atoms in total. The van der Waals surface area contributed by atoms with Crippen molar-refractivity contribution in [2.45, 2.75) is 0 Å². The fraction of sp³-hybridized carbons (Fsp3) is 0.818. The molecule has 114 valence electrons. The highest BCUT2D eigenvalue weighted by atomic mass is 16.4. The Hall–Kier alpha value is -1.58. The Kier molecular flexibility index (Phi) is 7.05. The van der Waals surface area contributed by atoms with Crippen LogP contribution in [0.3, 0.4) is 0 Å². The quantitative estimate of drug-likeness (QED) is 0.586. The van der Waals surface area contributed by atoms with Gasteiger partial charge in [0.15, 0.2) is 0 Å². The van der Waals surface area contributed by atoms with Crippen LogP contribution in [-0.4, -0.2) is 95.9 Å². The molecule has 0 aliphatic carbocycles. The average Bonchev–Trinajstić information content (AvgIpc) is 2.43. The third kappa shape index (κ3) is 6.55. The average molecular weight is 288 g/mol. The van der Waals surface area contributed by atoms with Crippen molar-refractivity contribution in [3.63, 3.8) is 0 Å². The topological polar surface area (TPSA) is 114 Å². The van der Waals surface area contributed by atoms with Gasteiger partial charge in [0, 0.05) is 39.3 Å². The van der Waals surface area contributed by atoms with Gasteiger partial charge in [0.25, 0.3) is 0 Å². The largest absolute Gasteiger partial charge is 0.480 e. The van der Waals surface area contributed by atoms with Crippen LogP contribution in [0.2, 0.25) is 0 Å². The normalized spacial score (nSPS) is 19.8. The summed E-state index contributed by atoms with van der Waals surface area (Å²) in [4.78, 5) is 37.2. The molecule has 0 bridgehead atoms. The fourth-order valence-corrected chi connectivity index (χ4v) is 2.11. The van der Waals surface area contributed by atoms with Gasteiger partial charge in [-0.15, -0.1) is 4.91 Å². The van der Waals surface area contributed by atoms with Gasteiger partial charge in [-0.2, -0.15) is 0 Å². The van der Waals surface area contributed by atoms with Gasteiger partial charge in [0.1, 0.15) is 6.67 Å². The summed E-state index contributed by atoms with van der Waals surface area (Å²) in [6.07, 6.45) is 0. The molecule has 0 atom stereocenters. The lowest BCUT2D eigenvalue weighted by atomic mass is 10.4. The number of carbonyl (C=O) groups is 2. The molecule has 0 radical (unpaired) electrons. The highest BCUT2D eigenvalue weighted by molar-refractivity contribution is 5.69. The van der Waals surface area contributed by atoms with Crippen LogP contribution in [-0.2, 0) is 9.59 Å². The van der Waals surface area contributed by atoms with E-state index < -0.39 is 11.9 Å². The summed E-state index contributed by atoms with van der Waals surface area (Å²) in [5.74, 6) is -1.84. The first-order chi connectivity index (χ1) is 9.51. The summed E-state index contributed by atoms with van der Waals surface area (Å²) in [5, 5.41) is 20.5. The highest BCUT2D eigenvalue weighted by Crippen LogP contribution is 2.01. The second kappa shape index (κ2) is 8.56. The van der Waals surface area contributed by atoms with Crippen LogP contribution in [0.1, 0.15) is 0 Å². The number of rotatable bonds is 6. The van der Waals surface area contributed by atoms with Gasteiger partial charge in [-0.3, -0.25) is 24.3 Å². The highest BCUT2D eigenvalue weighted by Gasteiger charge is 2.19. The summed E-state index contributed by atoms with van der Waals surface area (Å²) >= 11 is 0. The molecule has 1 aliphatic heterocycles. The third-order valence-corrected chi connectivity index (χ3v) is 3.17. The minimum absolute atomic E-state index is 0.0296. The lowest BCUT2D eigenvalue weighted by Crippen LogP contribution is -2.40. The minimum atomic E-state index is -0.922. The molecular weight excluding hydrogens is 268 g/mol. The van der Waals surface area contributed by atoms with Crippen molar-refractivity contribution in [2.24, 2.45) is 5.18 Å². The summed E-state index contributed by atoms with van der Waals surface area (Å²) in [6, 6.07) is 0. The molecule has 0 spiro atoms. The first kappa shape index (κ1) is 16.5. The van der Waals surface area contributed by atoms with Crippen molar-refractivity contribution in [3.05, 3.63) is 4.91 Å². The molecule has 1 aliphatic rings. The maximum Gasteiger partial charge on any atom is 0.317 e. The van der Waals surface area contributed by atoms with Crippen molar-refractivity contribution in [1.29, 1.82) is 0 Å². The van der Waals surface area contributed by atoms with Crippen molar-refractivity contribution in [3.8, 4) is 0 Å². The van der Waals surface area contributed by atoms with Gasteiger partial charge in [0.2, 0.25) is 0 Å². The number of hydrogen-bond acceptors (Lipinski definition) is 7. The molecule has 0 saturated carbocycles. The standard InChI is InChI=1S/C11H20N4O5/c16-10(17)7-13-1-2-14(8-11(18)19)4-6-15(5-3-13)9-12-20/h1-9H2,(H,16,17)(H,18,19). The van der Waals surface area contributed by atoms with Crippen LogP contribution < -0.4 is 0 Å². The van der Waals surface area contributed by atoms with Gasteiger partial charge < -0.3 is 10.2 Å². The summed E-state index contributed by atoms with van der Waals surface area (Å²) in [6.45, 7) is 2.93. The van der Waals surface area contributed by atoms with E-state index in [0.717, 1.165) is 0 Å². The van der Waals surface area contributed by atoms with E-state index in [2.05, 4.69) is 5.18 Å². The molecule has 9 heteroatoms. The van der Waals surface area contributed by atoms with E-state index in [4.69, 9.17) is 10.2 Å². The molecule has 0 unspecified atom stereocenters. The van der Waals surface area contributed by atoms with E-state index >= 15 is 0 Å². The lowest BCUT2D eigenvalue weighted by molar-refractivity contribution is -0.140. The van der Waals surface area contributed by atoms with Gasteiger partial charge >= 0.3 is 11.9 Å². The molecule has 1 heterocycles. The summed E-state index contributed by atoms with van der Waals surface area (Å²) in [5.41, 5.74) is 0. The van der Waals surface area contributed by atoms with Crippen LogP contribution in [0.15, 0.2) is 5.18 Å². The van der Waals surface area contributed by atoms with Crippen LogP contribution >= 0.6 is 0 Å². The molecule has 2 N–H and O–H groups in total. The van der Waals surface area contributed by atoms with E-state index in [0.29, 0.717) is 39.3 Å². The van der Waals surface area contributed by atoms with E-state index in [-0.39, 0.29) is 19.8 Å². The third-order valence-electron chi connectivity index (χ3n) is 3.17. The number of hydrogen-bond donors (Lipinski definition) is 2. The number of nitrogens with zero attached hydrogens (tertiary/aromatic N) is 4. The number of carboxylic acids is 2. The van der Waals surface area contributed by atoms with E-state index in [1.807, 2.05) is 0 Å². The SMILES string of the molecule is O=NCN1CCN(CC(=O)O)CCN(CC(=O)O)CC1. The van der Waals surface area contributed by atoms with Gasteiger partial charge in [-0.25, -0.2) is 0 Å². The zero-order chi connectivity index (χ0) is 15.0. The molecule has 1 saturated heterocycles.